The maximum absolute atomic E-state index is 13.6. The fraction of sp³-hybridized carbons (Fsp3) is 0.278. The molecule has 2 amide bonds. The first-order valence-electron chi connectivity index (χ1n) is 8.03. The highest BCUT2D eigenvalue weighted by Gasteiger charge is 2.19. The molecule has 142 valence electrons. The van der Waals surface area contributed by atoms with Gasteiger partial charge < -0.3 is 10.1 Å². The number of ether oxygens (including phenoxy) is 1. The molecule has 2 aromatic rings. The highest BCUT2D eigenvalue weighted by molar-refractivity contribution is 6.11. The van der Waals surface area contributed by atoms with Crippen molar-refractivity contribution in [2.75, 3.05) is 10.6 Å². The molecule has 0 atom stereocenters. The molecule has 0 spiro atoms. The number of rotatable bonds is 5. The second kappa shape index (κ2) is 8.35. The number of Topliss-reactive ketones (excluding diaryl/α,β-unsaturated/α-hetero) is 1. The fourth-order valence-corrected chi connectivity index (χ4v) is 2.04. The normalized spacial score (nSPS) is 10.8. The lowest BCUT2D eigenvalue weighted by molar-refractivity contribution is -0.115. The van der Waals surface area contributed by atoms with E-state index in [1.807, 2.05) is 0 Å². The van der Waals surface area contributed by atoms with Crippen LogP contribution >= 0.6 is 0 Å². The summed E-state index contributed by atoms with van der Waals surface area (Å²) >= 11 is 0. The second-order valence-corrected chi connectivity index (χ2v) is 6.60. The Hall–Kier alpha value is -3.36. The van der Waals surface area contributed by atoms with Crippen molar-refractivity contribution in [2.45, 2.75) is 32.8 Å². The average Bonchev–Trinajstić information content (AvgIpc) is 2.56. The van der Waals surface area contributed by atoms with Gasteiger partial charge in [0.25, 0.3) is 0 Å². The predicted octanol–water partition coefficient (Wildman–Crippen LogP) is 3.17. The van der Waals surface area contributed by atoms with E-state index in [-0.39, 0.29) is 16.9 Å². The quantitative estimate of drug-likeness (QED) is 0.614. The van der Waals surface area contributed by atoms with Gasteiger partial charge in [-0.1, -0.05) is 0 Å². The molecule has 0 saturated carbocycles. The van der Waals surface area contributed by atoms with Crippen LogP contribution in [-0.2, 0) is 9.53 Å². The Morgan fingerprint density at radius 2 is 1.81 bits per heavy atom. The summed E-state index contributed by atoms with van der Waals surface area (Å²) in [6.45, 7) is 5.08. The van der Waals surface area contributed by atoms with Crippen molar-refractivity contribution in [3.8, 4) is 0 Å². The molecule has 0 radical (unpaired) electrons. The Kier molecular flexibility index (Phi) is 6.17. The van der Waals surface area contributed by atoms with Gasteiger partial charge in [-0.05, 0) is 45.0 Å². The molecule has 0 bridgehead atoms. The number of aromatic nitrogens is 2. The van der Waals surface area contributed by atoms with Gasteiger partial charge >= 0.3 is 6.09 Å². The van der Waals surface area contributed by atoms with Crippen LogP contribution in [0, 0.1) is 5.82 Å². The molecule has 0 aliphatic rings. The SMILES string of the molecule is CC(C)(C)OC(=O)Nc1ccc(F)cc1NC(=O)CC(=O)c1ccnnc1. The standard InChI is InChI=1S/C18H19FN4O4/c1-18(2,3)27-17(26)23-13-5-4-12(19)8-14(13)22-16(25)9-15(24)11-6-7-20-21-10-11/h4-8,10H,9H2,1-3H3,(H,22,25)(H,23,26). The van der Waals surface area contributed by atoms with Crippen LogP contribution in [0.1, 0.15) is 37.6 Å². The molecule has 1 aromatic heterocycles. The Balaban J connectivity index is 2.08. The number of ketones is 1. The molecule has 1 aromatic carbocycles. The third-order valence-corrected chi connectivity index (χ3v) is 3.12. The number of nitrogens with zero attached hydrogens (tertiary/aromatic N) is 2. The Morgan fingerprint density at radius 1 is 1.07 bits per heavy atom. The zero-order valence-electron chi connectivity index (χ0n) is 15.1. The van der Waals surface area contributed by atoms with Crippen molar-refractivity contribution in [1.82, 2.24) is 10.2 Å². The first-order chi connectivity index (χ1) is 12.6. The number of hydrogen-bond donors (Lipinski definition) is 2. The minimum absolute atomic E-state index is 0.00603. The summed E-state index contributed by atoms with van der Waals surface area (Å²) in [6, 6.07) is 4.86. The number of carbonyl (C=O) groups excluding carboxylic acids is 3. The van der Waals surface area contributed by atoms with E-state index in [1.165, 1.54) is 24.5 Å². The third kappa shape index (κ3) is 6.46. The Labute approximate surface area is 155 Å². The summed E-state index contributed by atoms with van der Waals surface area (Å²) in [7, 11) is 0. The number of nitrogens with one attached hydrogen (secondary N) is 2. The molecular formula is C18H19FN4O4. The van der Waals surface area contributed by atoms with Crippen LogP contribution < -0.4 is 10.6 Å². The molecule has 0 aliphatic carbocycles. The van der Waals surface area contributed by atoms with E-state index >= 15 is 0 Å². The van der Waals surface area contributed by atoms with Crippen molar-refractivity contribution in [1.29, 1.82) is 0 Å². The number of benzene rings is 1. The van der Waals surface area contributed by atoms with E-state index in [1.54, 1.807) is 20.8 Å². The molecular weight excluding hydrogens is 355 g/mol. The van der Waals surface area contributed by atoms with Gasteiger partial charge in [0.05, 0.1) is 30.2 Å². The van der Waals surface area contributed by atoms with Gasteiger partial charge in [-0.2, -0.15) is 10.2 Å². The fourth-order valence-electron chi connectivity index (χ4n) is 2.04. The number of halogens is 1. The van der Waals surface area contributed by atoms with Crippen LogP contribution in [0.2, 0.25) is 0 Å². The largest absolute Gasteiger partial charge is 0.444 e. The molecule has 27 heavy (non-hydrogen) atoms. The molecule has 0 saturated heterocycles. The van der Waals surface area contributed by atoms with E-state index in [0.717, 1.165) is 12.1 Å². The van der Waals surface area contributed by atoms with Gasteiger partial charge in [0, 0.05) is 5.56 Å². The first-order valence-corrected chi connectivity index (χ1v) is 8.03. The van der Waals surface area contributed by atoms with Crippen molar-refractivity contribution >= 4 is 29.2 Å². The molecule has 0 aliphatic heterocycles. The topological polar surface area (TPSA) is 110 Å². The van der Waals surface area contributed by atoms with Crippen molar-refractivity contribution in [2.24, 2.45) is 0 Å². The molecule has 0 unspecified atom stereocenters. The Morgan fingerprint density at radius 3 is 2.44 bits per heavy atom. The summed E-state index contributed by atoms with van der Waals surface area (Å²) in [5, 5.41) is 12.0. The average molecular weight is 374 g/mol. The second-order valence-electron chi connectivity index (χ2n) is 6.60. The summed E-state index contributed by atoms with van der Waals surface area (Å²) in [5.74, 6) is -1.76. The minimum Gasteiger partial charge on any atom is -0.444 e. The van der Waals surface area contributed by atoms with Crippen molar-refractivity contribution in [3.63, 3.8) is 0 Å². The molecule has 2 rings (SSSR count). The first kappa shape index (κ1) is 20.0. The lowest BCUT2D eigenvalue weighted by atomic mass is 10.1. The molecule has 2 N–H and O–H groups in total. The summed E-state index contributed by atoms with van der Waals surface area (Å²) in [5.41, 5.74) is -0.353. The third-order valence-electron chi connectivity index (χ3n) is 3.12. The van der Waals surface area contributed by atoms with Crippen LogP contribution in [0.4, 0.5) is 20.6 Å². The number of anilines is 2. The summed E-state index contributed by atoms with van der Waals surface area (Å²) < 4.78 is 18.7. The van der Waals surface area contributed by atoms with E-state index in [0.29, 0.717) is 0 Å². The molecule has 9 heteroatoms. The van der Waals surface area contributed by atoms with Gasteiger partial charge in [-0.3, -0.25) is 14.9 Å². The van der Waals surface area contributed by atoms with Gasteiger partial charge in [0.1, 0.15) is 11.4 Å². The summed E-state index contributed by atoms with van der Waals surface area (Å²) in [6.07, 6.45) is 1.34. The highest BCUT2D eigenvalue weighted by atomic mass is 19.1. The van der Waals surface area contributed by atoms with Crippen LogP contribution in [0.3, 0.4) is 0 Å². The van der Waals surface area contributed by atoms with Crippen LogP contribution in [-0.4, -0.2) is 33.6 Å². The van der Waals surface area contributed by atoms with Crippen LogP contribution in [0.15, 0.2) is 36.7 Å². The van der Waals surface area contributed by atoms with Gasteiger partial charge in [0.15, 0.2) is 5.78 Å². The van der Waals surface area contributed by atoms with Crippen molar-refractivity contribution < 1.29 is 23.5 Å². The zero-order valence-corrected chi connectivity index (χ0v) is 15.1. The van der Waals surface area contributed by atoms with Crippen molar-refractivity contribution in [3.05, 3.63) is 48.0 Å². The Bertz CT molecular complexity index is 850. The maximum atomic E-state index is 13.6. The monoisotopic (exact) mass is 374 g/mol. The van der Waals surface area contributed by atoms with Gasteiger partial charge in [-0.15, -0.1) is 0 Å². The van der Waals surface area contributed by atoms with Crippen LogP contribution in [0.5, 0.6) is 0 Å². The van der Waals surface area contributed by atoms with Crippen LogP contribution in [0.25, 0.3) is 0 Å². The highest BCUT2D eigenvalue weighted by Crippen LogP contribution is 2.24. The number of amides is 2. The van der Waals surface area contributed by atoms with E-state index in [4.69, 9.17) is 4.74 Å². The van der Waals surface area contributed by atoms with E-state index in [9.17, 15) is 18.8 Å². The zero-order chi connectivity index (χ0) is 20.0. The minimum atomic E-state index is -0.761. The number of carbonyl (C=O) groups is 3. The molecule has 0 fully saturated rings. The van der Waals surface area contributed by atoms with Gasteiger partial charge in [0.2, 0.25) is 5.91 Å². The summed E-state index contributed by atoms with van der Waals surface area (Å²) in [4.78, 5) is 36.1. The smallest absolute Gasteiger partial charge is 0.412 e. The van der Waals surface area contributed by atoms with Gasteiger partial charge in [-0.25, -0.2) is 9.18 Å². The lowest BCUT2D eigenvalue weighted by Gasteiger charge is -2.20. The maximum Gasteiger partial charge on any atom is 0.412 e. The number of hydrogen-bond acceptors (Lipinski definition) is 6. The lowest BCUT2D eigenvalue weighted by Crippen LogP contribution is -2.27. The molecule has 8 nitrogen and oxygen atoms in total. The van der Waals surface area contributed by atoms with E-state index in [2.05, 4.69) is 20.8 Å². The molecule has 1 heterocycles. The van der Waals surface area contributed by atoms with E-state index < -0.39 is 35.6 Å². The predicted molar refractivity (Wildman–Crippen MR) is 95.9 cm³/mol.